The van der Waals surface area contributed by atoms with Gasteiger partial charge < -0.3 is 4.90 Å². The van der Waals surface area contributed by atoms with E-state index in [1.807, 2.05) is 0 Å². The highest BCUT2D eigenvalue weighted by atomic mass is 32.2. The molecule has 7 nitrogen and oxygen atoms in total. The highest BCUT2D eigenvalue weighted by molar-refractivity contribution is 7.90. The molecule has 1 aliphatic heterocycles. The van der Waals surface area contributed by atoms with Crippen LogP contribution in [0.15, 0.2) is 29.6 Å². The maximum Gasteiger partial charge on any atom is 0.225 e. The van der Waals surface area contributed by atoms with Crippen molar-refractivity contribution < 1.29 is 8.42 Å². The quantitative estimate of drug-likeness (QED) is 0.912. The summed E-state index contributed by atoms with van der Waals surface area (Å²) in [6.45, 7) is 3.64. The van der Waals surface area contributed by atoms with Gasteiger partial charge >= 0.3 is 0 Å². The molecule has 0 atom stereocenters. The molecule has 0 saturated carbocycles. The summed E-state index contributed by atoms with van der Waals surface area (Å²) in [5.41, 5.74) is 0.476. The van der Waals surface area contributed by atoms with Crippen LogP contribution in [0.5, 0.6) is 0 Å². The van der Waals surface area contributed by atoms with Crippen molar-refractivity contribution in [1.82, 2.24) is 20.2 Å². The second kappa shape index (κ2) is 5.35. The van der Waals surface area contributed by atoms with Crippen molar-refractivity contribution >= 4 is 15.8 Å². The highest BCUT2D eigenvalue weighted by Gasteiger charge is 2.37. The Kier molecular flexibility index (Phi) is 3.64. The fourth-order valence-electron chi connectivity index (χ4n) is 2.89. The lowest BCUT2D eigenvalue weighted by Crippen LogP contribution is -2.42. The van der Waals surface area contributed by atoms with Crippen LogP contribution in [0, 0.1) is 0 Å². The summed E-state index contributed by atoms with van der Waals surface area (Å²) in [6.07, 6.45) is 7.71. The number of aromatic nitrogens is 4. The zero-order chi connectivity index (χ0) is 15.8. The van der Waals surface area contributed by atoms with Crippen molar-refractivity contribution in [3.05, 3.63) is 30.4 Å². The molecule has 0 spiro atoms. The van der Waals surface area contributed by atoms with Gasteiger partial charge in [-0.15, -0.1) is 0 Å². The summed E-state index contributed by atoms with van der Waals surface area (Å²) < 4.78 is 23.8. The van der Waals surface area contributed by atoms with E-state index in [0.717, 1.165) is 31.9 Å². The molecular formula is C14H19N5O2S. The van der Waals surface area contributed by atoms with Crippen LogP contribution in [0.25, 0.3) is 0 Å². The molecule has 0 amide bonds. The van der Waals surface area contributed by atoms with E-state index in [0.29, 0.717) is 10.6 Å². The fraction of sp³-hybridized carbons (Fsp3) is 0.500. The van der Waals surface area contributed by atoms with Gasteiger partial charge in [-0.3, -0.25) is 5.10 Å². The summed E-state index contributed by atoms with van der Waals surface area (Å²) in [5, 5.41) is 6.84. The Labute approximate surface area is 129 Å². The van der Waals surface area contributed by atoms with E-state index >= 15 is 0 Å². The minimum Gasteiger partial charge on any atom is -0.341 e. The lowest BCUT2D eigenvalue weighted by Gasteiger charge is -2.39. The molecule has 3 heterocycles. The van der Waals surface area contributed by atoms with E-state index in [9.17, 15) is 8.42 Å². The van der Waals surface area contributed by atoms with Crippen molar-refractivity contribution in [3.63, 3.8) is 0 Å². The van der Waals surface area contributed by atoms with Gasteiger partial charge in [-0.2, -0.15) is 5.10 Å². The molecule has 1 saturated heterocycles. The first-order valence-corrected chi connectivity index (χ1v) is 9.05. The molecule has 0 aliphatic carbocycles. The third kappa shape index (κ3) is 2.70. The Morgan fingerprint density at radius 3 is 2.45 bits per heavy atom. The van der Waals surface area contributed by atoms with Crippen molar-refractivity contribution in [3.8, 4) is 0 Å². The maximum absolute atomic E-state index is 11.9. The van der Waals surface area contributed by atoms with Crippen molar-refractivity contribution in [2.24, 2.45) is 0 Å². The molecule has 0 unspecified atom stereocenters. The Morgan fingerprint density at radius 1 is 1.23 bits per heavy atom. The Bertz CT molecular complexity index is 749. The molecule has 2 aromatic heterocycles. The van der Waals surface area contributed by atoms with Gasteiger partial charge in [-0.05, 0) is 18.9 Å². The van der Waals surface area contributed by atoms with Crippen molar-refractivity contribution in [1.29, 1.82) is 0 Å². The van der Waals surface area contributed by atoms with Gasteiger partial charge in [0.05, 0.1) is 11.9 Å². The SMILES string of the molecule is CC1(c2[nH]ncc2S(C)(=O)=O)CCN(c2ncccn2)CC1. The maximum atomic E-state index is 11.9. The van der Waals surface area contributed by atoms with Crippen LogP contribution in [0.1, 0.15) is 25.5 Å². The van der Waals surface area contributed by atoms with E-state index in [-0.39, 0.29) is 5.41 Å². The van der Waals surface area contributed by atoms with Gasteiger partial charge in [0.1, 0.15) is 4.90 Å². The molecule has 1 N–H and O–H groups in total. The topological polar surface area (TPSA) is 91.8 Å². The Balaban J connectivity index is 1.82. The van der Waals surface area contributed by atoms with Gasteiger partial charge in [0.2, 0.25) is 5.95 Å². The summed E-state index contributed by atoms with van der Waals surface area (Å²) in [7, 11) is -3.28. The molecule has 2 aromatic rings. The van der Waals surface area contributed by atoms with Crippen molar-refractivity contribution in [2.45, 2.75) is 30.1 Å². The summed E-state index contributed by atoms with van der Waals surface area (Å²) in [5.74, 6) is 0.720. The highest BCUT2D eigenvalue weighted by Crippen LogP contribution is 2.37. The standard InChI is InChI=1S/C14H19N5O2S/c1-14(12-11(10-17-18-12)22(2,20)21)4-8-19(9-5-14)13-15-6-3-7-16-13/h3,6-7,10H,4-5,8-9H2,1-2H3,(H,17,18). The average molecular weight is 321 g/mol. The number of hydrogen-bond donors (Lipinski definition) is 1. The molecule has 8 heteroatoms. The van der Waals surface area contributed by atoms with Gasteiger partial charge in [0.25, 0.3) is 0 Å². The van der Waals surface area contributed by atoms with Crippen LogP contribution in [0.2, 0.25) is 0 Å². The lowest BCUT2D eigenvalue weighted by atomic mass is 9.77. The van der Waals surface area contributed by atoms with Crippen LogP contribution in [0.4, 0.5) is 5.95 Å². The number of H-pyrrole nitrogens is 1. The molecule has 0 bridgehead atoms. The Morgan fingerprint density at radius 2 is 1.86 bits per heavy atom. The fourth-order valence-corrected chi connectivity index (χ4v) is 3.80. The first-order chi connectivity index (χ1) is 10.4. The number of nitrogens with zero attached hydrogens (tertiary/aromatic N) is 4. The molecule has 3 rings (SSSR count). The van der Waals surface area contributed by atoms with Gasteiger partial charge in [-0.1, -0.05) is 6.92 Å². The minimum absolute atomic E-state index is 0.236. The molecular weight excluding hydrogens is 302 g/mol. The van der Waals surface area contributed by atoms with E-state index in [1.165, 1.54) is 12.5 Å². The smallest absolute Gasteiger partial charge is 0.225 e. The largest absolute Gasteiger partial charge is 0.341 e. The van der Waals surface area contributed by atoms with E-state index in [1.54, 1.807) is 18.5 Å². The van der Waals surface area contributed by atoms with Crippen molar-refractivity contribution in [2.75, 3.05) is 24.2 Å². The van der Waals surface area contributed by atoms with Gasteiger partial charge in [0, 0.05) is 37.2 Å². The van der Waals surface area contributed by atoms with Crippen LogP contribution < -0.4 is 4.90 Å². The number of rotatable bonds is 3. The molecule has 1 aliphatic rings. The van der Waals surface area contributed by atoms with Gasteiger partial charge in [0.15, 0.2) is 9.84 Å². The number of anilines is 1. The number of hydrogen-bond acceptors (Lipinski definition) is 6. The zero-order valence-corrected chi connectivity index (χ0v) is 13.5. The molecule has 0 aromatic carbocycles. The number of aromatic amines is 1. The second-order valence-corrected chi connectivity index (χ2v) is 7.96. The van der Waals surface area contributed by atoms with E-state index in [2.05, 4.69) is 32.0 Å². The number of sulfone groups is 1. The Hall–Kier alpha value is -1.96. The predicted octanol–water partition coefficient (Wildman–Crippen LogP) is 1.16. The van der Waals surface area contributed by atoms with Gasteiger partial charge in [-0.25, -0.2) is 18.4 Å². The van der Waals surface area contributed by atoms with Crippen LogP contribution >= 0.6 is 0 Å². The molecule has 1 fully saturated rings. The number of nitrogens with one attached hydrogen (secondary N) is 1. The molecule has 22 heavy (non-hydrogen) atoms. The third-order valence-electron chi connectivity index (χ3n) is 4.31. The first kappa shape index (κ1) is 15.0. The zero-order valence-electron chi connectivity index (χ0n) is 12.7. The first-order valence-electron chi connectivity index (χ1n) is 7.16. The summed E-state index contributed by atoms with van der Waals surface area (Å²) >= 11 is 0. The minimum atomic E-state index is -3.28. The van der Waals surface area contributed by atoms with E-state index in [4.69, 9.17) is 0 Å². The van der Waals surface area contributed by atoms with Crippen LogP contribution in [-0.2, 0) is 15.3 Å². The lowest BCUT2D eigenvalue weighted by molar-refractivity contribution is 0.345. The second-order valence-electron chi connectivity index (χ2n) is 5.98. The van der Waals surface area contributed by atoms with Crippen LogP contribution in [-0.4, -0.2) is 47.9 Å². The average Bonchev–Trinajstić information content (AvgIpc) is 2.99. The molecule has 118 valence electrons. The normalized spacial score (nSPS) is 18.4. The predicted molar refractivity (Wildman–Crippen MR) is 82.5 cm³/mol. The third-order valence-corrected chi connectivity index (χ3v) is 5.42. The molecule has 0 radical (unpaired) electrons. The monoisotopic (exact) mass is 321 g/mol. The van der Waals surface area contributed by atoms with E-state index < -0.39 is 9.84 Å². The van der Waals surface area contributed by atoms with Crippen LogP contribution in [0.3, 0.4) is 0 Å². The summed E-state index contributed by atoms with van der Waals surface area (Å²) in [4.78, 5) is 11.0. The summed E-state index contributed by atoms with van der Waals surface area (Å²) in [6, 6.07) is 1.79. The number of piperidine rings is 1.